The molecular weight excluding hydrogens is 413 g/mol. The molecule has 1 atom stereocenters. The molecule has 0 spiro atoms. The van der Waals surface area contributed by atoms with Crippen LogP contribution in [0.1, 0.15) is 18.1 Å². The number of halogens is 1. The van der Waals surface area contributed by atoms with Crippen LogP contribution in [-0.2, 0) is 11.3 Å². The first-order valence-electron chi connectivity index (χ1n) is 10.1. The molecular formula is C24H22FN3O4. The van der Waals surface area contributed by atoms with E-state index in [0.717, 1.165) is 11.1 Å². The number of ether oxygens (including phenoxy) is 2. The molecule has 32 heavy (non-hydrogen) atoms. The van der Waals surface area contributed by atoms with Crippen LogP contribution in [0, 0.1) is 12.7 Å². The summed E-state index contributed by atoms with van der Waals surface area (Å²) >= 11 is 0. The van der Waals surface area contributed by atoms with E-state index in [1.165, 1.54) is 12.1 Å². The molecule has 3 amide bonds. The van der Waals surface area contributed by atoms with E-state index in [4.69, 9.17) is 9.47 Å². The molecule has 0 bridgehead atoms. The third-order valence-corrected chi connectivity index (χ3v) is 4.90. The summed E-state index contributed by atoms with van der Waals surface area (Å²) in [5.41, 5.74) is 2.81. The van der Waals surface area contributed by atoms with E-state index < -0.39 is 6.10 Å². The smallest absolute Gasteiger partial charge is 0.319 e. The highest BCUT2D eigenvalue weighted by Gasteiger charge is 2.23. The first-order chi connectivity index (χ1) is 15.4. The predicted molar refractivity (Wildman–Crippen MR) is 119 cm³/mol. The molecule has 0 aromatic heterocycles. The van der Waals surface area contributed by atoms with Crippen LogP contribution in [0.4, 0.5) is 20.6 Å². The molecule has 0 aliphatic carbocycles. The largest absolute Gasteiger partial charge is 0.479 e. The Bertz CT molecular complexity index is 1160. The molecule has 3 aromatic carbocycles. The van der Waals surface area contributed by atoms with Gasteiger partial charge in [-0.05, 0) is 73.5 Å². The Morgan fingerprint density at radius 1 is 1.12 bits per heavy atom. The van der Waals surface area contributed by atoms with Crippen molar-refractivity contribution in [2.45, 2.75) is 26.5 Å². The van der Waals surface area contributed by atoms with Gasteiger partial charge in [0.05, 0.1) is 5.69 Å². The number of hydrogen-bond acceptors (Lipinski definition) is 4. The van der Waals surface area contributed by atoms with Crippen molar-refractivity contribution in [2.75, 3.05) is 10.6 Å². The molecule has 1 unspecified atom stereocenters. The normalized spacial score (nSPS) is 14.6. The average molecular weight is 435 g/mol. The quantitative estimate of drug-likeness (QED) is 0.528. The van der Waals surface area contributed by atoms with Crippen LogP contribution in [0.5, 0.6) is 17.2 Å². The zero-order valence-corrected chi connectivity index (χ0v) is 17.6. The summed E-state index contributed by atoms with van der Waals surface area (Å²) in [6.45, 7) is 3.87. The van der Waals surface area contributed by atoms with Crippen LogP contribution >= 0.6 is 0 Å². The Hall–Kier alpha value is -4.07. The van der Waals surface area contributed by atoms with Crippen LogP contribution < -0.4 is 25.4 Å². The fourth-order valence-electron chi connectivity index (χ4n) is 3.21. The third kappa shape index (κ3) is 4.97. The van der Waals surface area contributed by atoms with Crippen LogP contribution in [0.3, 0.4) is 0 Å². The number of nitrogens with one attached hydrogen (secondary N) is 3. The maximum absolute atomic E-state index is 13.0. The van der Waals surface area contributed by atoms with Crippen molar-refractivity contribution < 1.29 is 23.5 Å². The minimum Gasteiger partial charge on any atom is -0.479 e. The first-order valence-corrected chi connectivity index (χ1v) is 10.1. The summed E-state index contributed by atoms with van der Waals surface area (Å²) < 4.78 is 24.3. The number of rotatable bonds is 5. The van der Waals surface area contributed by atoms with Crippen molar-refractivity contribution in [2.24, 2.45) is 0 Å². The fraction of sp³-hybridized carbons (Fsp3) is 0.167. The van der Waals surface area contributed by atoms with E-state index in [1.54, 1.807) is 43.3 Å². The Balaban J connectivity index is 1.33. The van der Waals surface area contributed by atoms with Gasteiger partial charge in [-0.1, -0.05) is 12.1 Å². The highest BCUT2D eigenvalue weighted by molar-refractivity contribution is 5.99. The van der Waals surface area contributed by atoms with E-state index in [-0.39, 0.29) is 17.8 Å². The standard InChI is InChI=1S/C24H22FN3O4/c1-14-11-16(3-9-21(14)32-19-7-4-17(25)5-8-19)13-26-24(30)27-18-6-10-22-20(12-18)28-23(29)15(2)31-22/h3-12,15H,13H2,1-2H3,(H,28,29)(H2,26,27,30). The van der Waals surface area contributed by atoms with Crippen molar-refractivity contribution in [1.82, 2.24) is 5.32 Å². The Morgan fingerprint density at radius 2 is 1.91 bits per heavy atom. The number of carbonyl (C=O) groups excluding carboxylic acids is 2. The second-order valence-corrected chi connectivity index (χ2v) is 7.42. The molecule has 7 nitrogen and oxygen atoms in total. The van der Waals surface area contributed by atoms with E-state index >= 15 is 0 Å². The van der Waals surface area contributed by atoms with Gasteiger partial charge in [0.2, 0.25) is 0 Å². The second kappa shape index (κ2) is 8.97. The van der Waals surface area contributed by atoms with Crippen molar-refractivity contribution in [1.29, 1.82) is 0 Å². The molecule has 3 N–H and O–H groups in total. The lowest BCUT2D eigenvalue weighted by molar-refractivity contribution is -0.122. The van der Waals surface area contributed by atoms with Crippen molar-refractivity contribution >= 4 is 23.3 Å². The molecule has 3 aromatic rings. The zero-order valence-electron chi connectivity index (χ0n) is 17.6. The predicted octanol–water partition coefficient (Wildman–Crippen LogP) is 4.97. The van der Waals surface area contributed by atoms with Gasteiger partial charge in [-0.3, -0.25) is 4.79 Å². The van der Waals surface area contributed by atoms with Crippen molar-refractivity contribution in [3.63, 3.8) is 0 Å². The average Bonchev–Trinajstić information content (AvgIpc) is 2.76. The number of benzene rings is 3. The van der Waals surface area contributed by atoms with Crippen LogP contribution in [-0.4, -0.2) is 18.0 Å². The highest BCUT2D eigenvalue weighted by Crippen LogP contribution is 2.32. The Labute approximate surface area is 184 Å². The van der Waals surface area contributed by atoms with Gasteiger partial charge in [0.15, 0.2) is 6.10 Å². The molecule has 1 heterocycles. The first kappa shape index (κ1) is 21.2. The van der Waals surface area contributed by atoms with Gasteiger partial charge in [-0.25, -0.2) is 9.18 Å². The molecule has 0 saturated carbocycles. The molecule has 4 rings (SSSR count). The van der Waals surface area contributed by atoms with Gasteiger partial charge in [-0.15, -0.1) is 0 Å². The van der Waals surface area contributed by atoms with Crippen molar-refractivity contribution in [3.8, 4) is 17.2 Å². The van der Waals surface area contributed by atoms with Gasteiger partial charge in [0.1, 0.15) is 23.1 Å². The lowest BCUT2D eigenvalue weighted by Gasteiger charge is -2.23. The third-order valence-electron chi connectivity index (χ3n) is 4.90. The summed E-state index contributed by atoms with van der Waals surface area (Å²) in [5, 5.41) is 8.28. The summed E-state index contributed by atoms with van der Waals surface area (Å²) in [6.07, 6.45) is -0.555. The van der Waals surface area contributed by atoms with Crippen LogP contribution in [0.15, 0.2) is 60.7 Å². The van der Waals surface area contributed by atoms with Gasteiger partial charge in [0, 0.05) is 12.2 Å². The molecule has 0 saturated heterocycles. The topological polar surface area (TPSA) is 88.7 Å². The lowest BCUT2D eigenvalue weighted by atomic mass is 10.1. The van der Waals surface area contributed by atoms with Gasteiger partial charge < -0.3 is 25.4 Å². The zero-order chi connectivity index (χ0) is 22.7. The van der Waals surface area contributed by atoms with E-state index in [0.29, 0.717) is 35.2 Å². The monoisotopic (exact) mass is 435 g/mol. The molecule has 8 heteroatoms. The van der Waals surface area contributed by atoms with E-state index in [9.17, 15) is 14.0 Å². The molecule has 164 valence electrons. The van der Waals surface area contributed by atoms with E-state index in [1.807, 2.05) is 19.1 Å². The summed E-state index contributed by atoms with van der Waals surface area (Å²) in [7, 11) is 0. The molecule has 0 radical (unpaired) electrons. The Kier molecular flexibility index (Phi) is 5.93. The van der Waals surface area contributed by atoms with Crippen molar-refractivity contribution in [3.05, 3.63) is 77.6 Å². The van der Waals surface area contributed by atoms with Gasteiger partial charge in [-0.2, -0.15) is 0 Å². The van der Waals surface area contributed by atoms with Crippen LogP contribution in [0.2, 0.25) is 0 Å². The minimum atomic E-state index is -0.555. The number of amides is 3. The second-order valence-electron chi connectivity index (χ2n) is 7.42. The molecule has 0 fully saturated rings. The maximum Gasteiger partial charge on any atom is 0.319 e. The summed E-state index contributed by atoms with van der Waals surface area (Å²) in [6, 6.07) is 16.0. The molecule has 1 aliphatic heterocycles. The number of aryl methyl sites for hydroxylation is 1. The summed E-state index contributed by atoms with van der Waals surface area (Å²) in [5.74, 6) is 1.19. The fourth-order valence-corrected chi connectivity index (χ4v) is 3.21. The minimum absolute atomic E-state index is 0.235. The molecule has 1 aliphatic rings. The van der Waals surface area contributed by atoms with Gasteiger partial charge in [0.25, 0.3) is 5.91 Å². The van der Waals surface area contributed by atoms with Crippen LogP contribution in [0.25, 0.3) is 0 Å². The number of urea groups is 1. The maximum atomic E-state index is 13.0. The Morgan fingerprint density at radius 3 is 2.66 bits per heavy atom. The SMILES string of the molecule is Cc1cc(CNC(=O)Nc2ccc3c(c2)NC(=O)C(C)O3)ccc1Oc1ccc(F)cc1. The lowest BCUT2D eigenvalue weighted by Crippen LogP contribution is -2.34. The summed E-state index contributed by atoms with van der Waals surface area (Å²) in [4.78, 5) is 24.1. The van der Waals surface area contributed by atoms with E-state index in [2.05, 4.69) is 16.0 Å². The number of carbonyl (C=O) groups is 2. The number of hydrogen-bond donors (Lipinski definition) is 3. The number of fused-ring (bicyclic) bond motifs is 1. The van der Waals surface area contributed by atoms with Gasteiger partial charge >= 0.3 is 6.03 Å². The number of anilines is 2. The highest BCUT2D eigenvalue weighted by atomic mass is 19.1.